The van der Waals surface area contributed by atoms with Gasteiger partial charge in [0, 0.05) is 24.8 Å². The second kappa shape index (κ2) is 4.37. The summed E-state index contributed by atoms with van der Waals surface area (Å²) in [6, 6.07) is 5.45. The van der Waals surface area contributed by atoms with Gasteiger partial charge in [0.05, 0.1) is 6.42 Å². The monoisotopic (exact) mass is 258 g/mol. The molecule has 0 saturated heterocycles. The van der Waals surface area contributed by atoms with Gasteiger partial charge >= 0.3 is 0 Å². The van der Waals surface area contributed by atoms with Gasteiger partial charge in [0.1, 0.15) is 0 Å². The van der Waals surface area contributed by atoms with Crippen LogP contribution in [0, 0.1) is 11.8 Å². The number of carbonyl (C=O) groups is 2. The molecular weight excluding hydrogens is 240 g/mol. The van der Waals surface area contributed by atoms with Crippen LogP contribution in [-0.4, -0.2) is 30.3 Å². The Hall–Kier alpha value is -1.84. The van der Waals surface area contributed by atoms with Crippen molar-refractivity contribution >= 4 is 17.5 Å². The van der Waals surface area contributed by atoms with Crippen molar-refractivity contribution in [2.45, 2.75) is 19.8 Å². The molecule has 1 aromatic carbocycles. The summed E-state index contributed by atoms with van der Waals surface area (Å²) < 4.78 is 0. The van der Waals surface area contributed by atoms with E-state index in [9.17, 15) is 9.59 Å². The van der Waals surface area contributed by atoms with Crippen molar-refractivity contribution < 1.29 is 9.59 Å². The molecule has 2 unspecified atom stereocenters. The zero-order valence-electron chi connectivity index (χ0n) is 11.3. The first-order valence-corrected chi connectivity index (χ1v) is 6.73. The molecule has 0 bridgehead atoms. The van der Waals surface area contributed by atoms with Crippen LogP contribution in [0.4, 0.5) is 5.69 Å². The normalized spacial score (nSPS) is 23.8. The Morgan fingerprint density at radius 2 is 2.21 bits per heavy atom. The fraction of sp³-hybridized carbons (Fsp3) is 0.467. The number of anilines is 1. The van der Waals surface area contributed by atoms with Gasteiger partial charge in [-0.3, -0.25) is 9.59 Å². The fourth-order valence-electron chi connectivity index (χ4n) is 2.67. The van der Waals surface area contributed by atoms with E-state index in [1.807, 2.05) is 19.2 Å². The third-order valence-corrected chi connectivity index (χ3v) is 4.11. The molecule has 0 radical (unpaired) electrons. The maximum atomic E-state index is 12.3. The first kappa shape index (κ1) is 12.2. The van der Waals surface area contributed by atoms with Gasteiger partial charge in [-0.05, 0) is 42.0 Å². The summed E-state index contributed by atoms with van der Waals surface area (Å²) >= 11 is 0. The lowest BCUT2D eigenvalue weighted by molar-refractivity contribution is -0.115. The highest BCUT2D eigenvalue weighted by Crippen LogP contribution is 2.38. The van der Waals surface area contributed by atoms with E-state index in [1.165, 1.54) is 6.42 Å². The van der Waals surface area contributed by atoms with Crippen LogP contribution in [0.5, 0.6) is 0 Å². The molecule has 2 aliphatic rings. The molecule has 100 valence electrons. The summed E-state index contributed by atoms with van der Waals surface area (Å²) in [6.45, 7) is 3.05. The zero-order valence-corrected chi connectivity index (χ0v) is 11.3. The minimum atomic E-state index is -0.000223. The molecule has 1 aliphatic heterocycles. The molecule has 19 heavy (non-hydrogen) atoms. The van der Waals surface area contributed by atoms with Gasteiger partial charge in [-0.15, -0.1) is 0 Å². The van der Waals surface area contributed by atoms with Gasteiger partial charge in [0.15, 0.2) is 0 Å². The van der Waals surface area contributed by atoms with Crippen LogP contribution in [0.2, 0.25) is 0 Å². The molecule has 1 heterocycles. The van der Waals surface area contributed by atoms with Gasteiger partial charge in [0.2, 0.25) is 5.91 Å². The van der Waals surface area contributed by atoms with Gasteiger partial charge in [-0.2, -0.15) is 0 Å². The molecule has 4 nitrogen and oxygen atoms in total. The number of benzene rings is 1. The number of hydrogen-bond acceptors (Lipinski definition) is 2. The second-order valence-electron chi connectivity index (χ2n) is 5.76. The van der Waals surface area contributed by atoms with Crippen molar-refractivity contribution in [3.8, 4) is 0 Å². The predicted octanol–water partition coefficient (Wildman–Crippen LogP) is 1.91. The Balaban J connectivity index is 1.73. The summed E-state index contributed by atoms with van der Waals surface area (Å²) in [6.07, 6.45) is 1.60. The maximum absolute atomic E-state index is 12.3. The van der Waals surface area contributed by atoms with E-state index in [4.69, 9.17) is 0 Å². The number of nitrogens with one attached hydrogen (secondary N) is 1. The van der Waals surface area contributed by atoms with Crippen LogP contribution in [0.15, 0.2) is 18.2 Å². The largest absolute Gasteiger partial charge is 0.341 e. The molecular formula is C15H18N2O2. The number of hydrogen-bond donors (Lipinski definition) is 1. The number of rotatable bonds is 3. The van der Waals surface area contributed by atoms with Crippen LogP contribution in [0.1, 0.15) is 29.3 Å². The first-order valence-electron chi connectivity index (χ1n) is 6.73. The minimum Gasteiger partial charge on any atom is -0.341 e. The number of carbonyl (C=O) groups excluding carboxylic acids is 2. The quantitative estimate of drug-likeness (QED) is 0.900. The van der Waals surface area contributed by atoms with Crippen molar-refractivity contribution in [3.63, 3.8) is 0 Å². The molecule has 1 aliphatic carbocycles. The molecule has 1 fully saturated rings. The van der Waals surface area contributed by atoms with Crippen LogP contribution >= 0.6 is 0 Å². The lowest BCUT2D eigenvalue weighted by atomic mass is 10.1. The highest BCUT2D eigenvalue weighted by molar-refractivity contribution is 6.01. The molecule has 1 aromatic rings. The Labute approximate surface area is 112 Å². The minimum absolute atomic E-state index is 0.000223. The van der Waals surface area contributed by atoms with Crippen molar-refractivity contribution in [3.05, 3.63) is 29.3 Å². The topological polar surface area (TPSA) is 49.4 Å². The molecule has 2 atom stereocenters. The Morgan fingerprint density at radius 1 is 1.47 bits per heavy atom. The predicted molar refractivity (Wildman–Crippen MR) is 73.0 cm³/mol. The average Bonchev–Trinajstić information content (AvgIpc) is 2.92. The zero-order chi connectivity index (χ0) is 13.6. The molecule has 4 heteroatoms. The van der Waals surface area contributed by atoms with Crippen molar-refractivity contribution in [1.82, 2.24) is 4.90 Å². The molecule has 1 saturated carbocycles. The Kier molecular flexibility index (Phi) is 2.81. The van der Waals surface area contributed by atoms with Crippen LogP contribution in [0.25, 0.3) is 0 Å². The SMILES string of the molecule is CC1CC1CN(C)C(=O)c1ccc2c(c1)CC(=O)N2. The third kappa shape index (κ3) is 2.35. The van der Waals surface area contributed by atoms with Crippen LogP contribution in [-0.2, 0) is 11.2 Å². The van der Waals surface area contributed by atoms with Gasteiger partial charge in [-0.1, -0.05) is 6.92 Å². The van der Waals surface area contributed by atoms with Gasteiger partial charge in [-0.25, -0.2) is 0 Å². The number of amides is 2. The summed E-state index contributed by atoms with van der Waals surface area (Å²) in [4.78, 5) is 25.4. The summed E-state index contributed by atoms with van der Waals surface area (Å²) in [5.41, 5.74) is 2.43. The van der Waals surface area contributed by atoms with Crippen LogP contribution in [0.3, 0.4) is 0 Å². The summed E-state index contributed by atoms with van der Waals surface area (Å²) in [5.74, 6) is 1.45. The lowest BCUT2D eigenvalue weighted by Gasteiger charge is -2.17. The maximum Gasteiger partial charge on any atom is 0.253 e. The Morgan fingerprint density at radius 3 is 2.89 bits per heavy atom. The summed E-state index contributed by atoms with van der Waals surface area (Å²) in [7, 11) is 1.85. The average molecular weight is 258 g/mol. The summed E-state index contributed by atoms with van der Waals surface area (Å²) in [5, 5.41) is 2.78. The standard InChI is InChI=1S/C15H18N2O2/c1-9-5-12(9)8-17(2)15(19)10-3-4-13-11(6-10)7-14(18)16-13/h3-4,6,9,12H,5,7-8H2,1-2H3,(H,16,18). The van der Waals surface area contributed by atoms with Crippen molar-refractivity contribution in [2.75, 3.05) is 18.9 Å². The highest BCUT2D eigenvalue weighted by atomic mass is 16.2. The van der Waals surface area contributed by atoms with Gasteiger partial charge in [0.25, 0.3) is 5.91 Å². The Bertz CT molecular complexity index is 553. The van der Waals surface area contributed by atoms with E-state index in [-0.39, 0.29) is 11.8 Å². The number of nitrogens with zero attached hydrogens (tertiary/aromatic N) is 1. The first-order chi connectivity index (χ1) is 9.04. The fourth-order valence-corrected chi connectivity index (χ4v) is 2.67. The number of fused-ring (bicyclic) bond motifs is 1. The van der Waals surface area contributed by atoms with E-state index >= 15 is 0 Å². The van der Waals surface area contributed by atoms with E-state index < -0.39 is 0 Å². The third-order valence-electron chi connectivity index (χ3n) is 4.11. The molecule has 0 aromatic heterocycles. The lowest BCUT2D eigenvalue weighted by Crippen LogP contribution is -2.29. The molecule has 3 rings (SSSR count). The molecule has 2 amide bonds. The molecule has 1 N–H and O–H groups in total. The van der Waals surface area contributed by atoms with Crippen molar-refractivity contribution in [2.24, 2.45) is 11.8 Å². The van der Waals surface area contributed by atoms with Crippen molar-refractivity contribution in [1.29, 1.82) is 0 Å². The molecule has 0 spiro atoms. The highest BCUT2D eigenvalue weighted by Gasteiger charge is 2.34. The van der Waals surface area contributed by atoms with Gasteiger partial charge < -0.3 is 10.2 Å². The van der Waals surface area contributed by atoms with E-state index in [0.717, 1.165) is 23.7 Å². The van der Waals surface area contributed by atoms with E-state index in [2.05, 4.69) is 12.2 Å². The van der Waals surface area contributed by atoms with Crippen LogP contribution < -0.4 is 5.32 Å². The van der Waals surface area contributed by atoms with E-state index in [1.54, 1.807) is 11.0 Å². The second-order valence-corrected chi connectivity index (χ2v) is 5.76. The smallest absolute Gasteiger partial charge is 0.253 e. The van der Waals surface area contributed by atoms with E-state index in [0.29, 0.717) is 17.9 Å².